The van der Waals surface area contributed by atoms with E-state index in [1.165, 1.54) is 12.3 Å². The number of carbonyl (C=O) groups excluding carboxylic acids is 1. The van der Waals surface area contributed by atoms with Crippen molar-refractivity contribution in [1.82, 2.24) is 10.3 Å². The van der Waals surface area contributed by atoms with E-state index in [1.807, 2.05) is 13.8 Å². The van der Waals surface area contributed by atoms with Gasteiger partial charge in [-0.1, -0.05) is 13.3 Å². The first-order valence-corrected chi connectivity index (χ1v) is 5.73. The zero-order valence-electron chi connectivity index (χ0n) is 10.4. The Balaban J connectivity index is 2.82. The van der Waals surface area contributed by atoms with Gasteiger partial charge in [-0.3, -0.25) is 4.79 Å². The molecular weight excluding hydrogens is 221 g/mol. The third-order valence-electron chi connectivity index (χ3n) is 2.47. The van der Waals surface area contributed by atoms with E-state index in [2.05, 4.69) is 15.6 Å². The van der Waals surface area contributed by atoms with Crippen molar-refractivity contribution >= 4 is 11.7 Å². The highest BCUT2D eigenvalue weighted by Crippen LogP contribution is 2.14. The Hall–Kier alpha value is -1.65. The van der Waals surface area contributed by atoms with Crippen molar-refractivity contribution < 1.29 is 9.18 Å². The van der Waals surface area contributed by atoms with Crippen LogP contribution in [0.15, 0.2) is 12.3 Å². The Morgan fingerprint density at radius 2 is 2.29 bits per heavy atom. The van der Waals surface area contributed by atoms with Crippen molar-refractivity contribution in [3.8, 4) is 0 Å². The van der Waals surface area contributed by atoms with E-state index in [9.17, 15) is 9.18 Å². The summed E-state index contributed by atoms with van der Waals surface area (Å²) in [4.78, 5) is 15.6. The summed E-state index contributed by atoms with van der Waals surface area (Å²) in [6, 6.07) is 1.42. The number of nitrogens with one attached hydrogen (secondary N) is 2. The van der Waals surface area contributed by atoms with Crippen LogP contribution in [0.5, 0.6) is 0 Å². The second-order valence-electron chi connectivity index (χ2n) is 3.93. The van der Waals surface area contributed by atoms with Gasteiger partial charge in [0.1, 0.15) is 0 Å². The Kier molecular flexibility index (Phi) is 4.87. The standard InChI is InChI=1S/C12H18FN3O/c1-4-5-8(2)16-12(17)9-6-7-15-11(14-3)10(9)13/h6-8H,4-5H2,1-3H3,(H,14,15)(H,16,17). The molecule has 1 atom stereocenters. The fraction of sp³-hybridized carbons (Fsp3) is 0.500. The summed E-state index contributed by atoms with van der Waals surface area (Å²) in [6.45, 7) is 3.94. The number of aromatic nitrogens is 1. The third kappa shape index (κ3) is 3.41. The van der Waals surface area contributed by atoms with Crippen LogP contribution in [0.1, 0.15) is 37.0 Å². The van der Waals surface area contributed by atoms with Crippen molar-refractivity contribution in [3.05, 3.63) is 23.6 Å². The van der Waals surface area contributed by atoms with Crippen LogP contribution in [0, 0.1) is 5.82 Å². The summed E-state index contributed by atoms with van der Waals surface area (Å²) in [6.07, 6.45) is 3.26. The Labute approximate surface area is 101 Å². The number of hydrogen-bond acceptors (Lipinski definition) is 3. The van der Waals surface area contributed by atoms with Crippen LogP contribution in [-0.4, -0.2) is 24.0 Å². The highest BCUT2D eigenvalue weighted by Gasteiger charge is 2.16. The lowest BCUT2D eigenvalue weighted by Crippen LogP contribution is -2.33. The molecule has 1 aromatic heterocycles. The molecule has 0 bridgehead atoms. The first-order chi connectivity index (χ1) is 8.10. The predicted octanol–water partition coefficient (Wildman–Crippen LogP) is 2.18. The number of anilines is 1. The number of nitrogens with zero attached hydrogens (tertiary/aromatic N) is 1. The molecule has 0 aliphatic rings. The SMILES string of the molecule is CCCC(C)NC(=O)c1ccnc(NC)c1F. The lowest BCUT2D eigenvalue weighted by molar-refractivity contribution is 0.0934. The minimum absolute atomic E-state index is 0.0207. The van der Waals surface area contributed by atoms with Crippen molar-refractivity contribution in [2.24, 2.45) is 0 Å². The Morgan fingerprint density at radius 1 is 1.59 bits per heavy atom. The summed E-state index contributed by atoms with van der Waals surface area (Å²) in [7, 11) is 1.56. The molecule has 0 aliphatic carbocycles. The minimum Gasteiger partial charge on any atom is -0.371 e. The summed E-state index contributed by atoms with van der Waals surface area (Å²) in [5.41, 5.74) is 0.0207. The molecule has 1 unspecified atom stereocenters. The summed E-state index contributed by atoms with van der Waals surface area (Å²) >= 11 is 0. The van der Waals surface area contributed by atoms with Crippen molar-refractivity contribution in [3.63, 3.8) is 0 Å². The van der Waals surface area contributed by atoms with Gasteiger partial charge in [-0.05, 0) is 19.4 Å². The molecule has 0 aliphatic heterocycles. The number of carbonyl (C=O) groups is 1. The molecule has 0 fully saturated rings. The van der Waals surface area contributed by atoms with Crippen molar-refractivity contribution in [2.75, 3.05) is 12.4 Å². The highest BCUT2D eigenvalue weighted by molar-refractivity contribution is 5.95. The lowest BCUT2D eigenvalue weighted by Gasteiger charge is -2.13. The first-order valence-electron chi connectivity index (χ1n) is 5.73. The average Bonchev–Trinajstić information content (AvgIpc) is 2.29. The largest absolute Gasteiger partial charge is 0.371 e. The molecule has 94 valence electrons. The van der Waals surface area contributed by atoms with Crippen LogP contribution >= 0.6 is 0 Å². The van der Waals surface area contributed by atoms with Crippen LogP contribution in [0.2, 0.25) is 0 Å². The van der Waals surface area contributed by atoms with Crippen LogP contribution in [0.3, 0.4) is 0 Å². The van der Waals surface area contributed by atoms with E-state index in [0.29, 0.717) is 0 Å². The average molecular weight is 239 g/mol. The zero-order chi connectivity index (χ0) is 12.8. The van der Waals surface area contributed by atoms with Gasteiger partial charge in [0.25, 0.3) is 5.91 Å². The fourth-order valence-electron chi connectivity index (χ4n) is 1.60. The summed E-state index contributed by atoms with van der Waals surface area (Å²) in [5, 5.41) is 5.36. The molecule has 0 spiro atoms. The van der Waals surface area contributed by atoms with E-state index in [1.54, 1.807) is 7.05 Å². The molecule has 1 heterocycles. The van der Waals surface area contributed by atoms with E-state index in [0.717, 1.165) is 12.8 Å². The van der Waals surface area contributed by atoms with E-state index >= 15 is 0 Å². The number of hydrogen-bond donors (Lipinski definition) is 2. The fourth-order valence-corrected chi connectivity index (χ4v) is 1.60. The van der Waals surface area contributed by atoms with Gasteiger partial charge < -0.3 is 10.6 Å². The van der Waals surface area contributed by atoms with Gasteiger partial charge in [-0.2, -0.15) is 0 Å². The lowest BCUT2D eigenvalue weighted by atomic mass is 10.1. The maximum absolute atomic E-state index is 13.8. The third-order valence-corrected chi connectivity index (χ3v) is 2.47. The molecule has 1 rings (SSSR count). The van der Waals surface area contributed by atoms with Crippen LogP contribution in [0.4, 0.5) is 10.2 Å². The van der Waals surface area contributed by atoms with Crippen LogP contribution < -0.4 is 10.6 Å². The van der Waals surface area contributed by atoms with Gasteiger partial charge in [0.05, 0.1) is 5.56 Å². The highest BCUT2D eigenvalue weighted by atomic mass is 19.1. The Bertz CT molecular complexity index is 395. The molecule has 1 aromatic rings. The molecular formula is C12H18FN3O. The molecule has 0 saturated heterocycles. The second-order valence-corrected chi connectivity index (χ2v) is 3.93. The van der Waals surface area contributed by atoms with E-state index in [4.69, 9.17) is 0 Å². The zero-order valence-corrected chi connectivity index (χ0v) is 10.4. The molecule has 1 amide bonds. The number of pyridine rings is 1. The predicted molar refractivity (Wildman–Crippen MR) is 65.6 cm³/mol. The summed E-state index contributed by atoms with van der Waals surface area (Å²) in [5.74, 6) is -0.931. The van der Waals surface area contributed by atoms with E-state index in [-0.39, 0.29) is 17.4 Å². The van der Waals surface area contributed by atoms with Gasteiger partial charge in [-0.25, -0.2) is 9.37 Å². The quantitative estimate of drug-likeness (QED) is 0.828. The normalized spacial score (nSPS) is 12.0. The maximum Gasteiger partial charge on any atom is 0.254 e. The molecule has 4 nitrogen and oxygen atoms in total. The molecule has 17 heavy (non-hydrogen) atoms. The molecule has 0 aromatic carbocycles. The summed E-state index contributed by atoms with van der Waals surface area (Å²) < 4.78 is 13.8. The van der Waals surface area contributed by atoms with Crippen molar-refractivity contribution in [1.29, 1.82) is 0 Å². The molecule has 0 saturated carbocycles. The van der Waals surface area contributed by atoms with Gasteiger partial charge in [0.15, 0.2) is 11.6 Å². The van der Waals surface area contributed by atoms with Crippen LogP contribution in [-0.2, 0) is 0 Å². The van der Waals surface area contributed by atoms with Gasteiger partial charge in [0, 0.05) is 19.3 Å². The number of amides is 1. The van der Waals surface area contributed by atoms with E-state index < -0.39 is 11.7 Å². The minimum atomic E-state index is -0.615. The van der Waals surface area contributed by atoms with Crippen molar-refractivity contribution in [2.45, 2.75) is 32.7 Å². The Morgan fingerprint density at radius 3 is 2.88 bits per heavy atom. The number of rotatable bonds is 5. The molecule has 2 N–H and O–H groups in total. The smallest absolute Gasteiger partial charge is 0.254 e. The second kappa shape index (κ2) is 6.18. The maximum atomic E-state index is 13.8. The number of halogens is 1. The first kappa shape index (κ1) is 13.4. The van der Waals surface area contributed by atoms with Gasteiger partial charge in [0.2, 0.25) is 0 Å². The van der Waals surface area contributed by atoms with Gasteiger partial charge >= 0.3 is 0 Å². The van der Waals surface area contributed by atoms with Crippen LogP contribution in [0.25, 0.3) is 0 Å². The molecule has 0 radical (unpaired) electrons. The molecule has 5 heteroatoms. The monoisotopic (exact) mass is 239 g/mol. The topological polar surface area (TPSA) is 54.0 Å². The van der Waals surface area contributed by atoms with Gasteiger partial charge in [-0.15, -0.1) is 0 Å².